The number of hydrogen-bond donors (Lipinski definition) is 1. The van der Waals surface area contributed by atoms with E-state index in [1.54, 1.807) is 44.2 Å². The molecule has 9 heteroatoms. The summed E-state index contributed by atoms with van der Waals surface area (Å²) in [5.41, 5.74) is 2.92. The van der Waals surface area contributed by atoms with Crippen molar-refractivity contribution < 1.29 is 24.2 Å². The van der Waals surface area contributed by atoms with Gasteiger partial charge in [-0.3, -0.25) is 14.5 Å². The van der Waals surface area contributed by atoms with E-state index in [1.165, 1.54) is 4.90 Å². The number of ketones is 1. The second-order valence-corrected chi connectivity index (χ2v) is 9.59. The number of amides is 1. The molecular weight excluding hydrogens is 488 g/mol. The third-order valence-electron chi connectivity index (χ3n) is 5.71. The Kier molecular flexibility index (Phi) is 6.78. The highest BCUT2D eigenvalue weighted by molar-refractivity contribution is 7.17. The highest BCUT2D eigenvalue weighted by atomic mass is 35.5. The monoisotopic (exact) mass is 510 g/mol. The number of hydrogen-bond acceptors (Lipinski definition) is 7. The Morgan fingerprint density at radius 1 is 1.17 bits per heavy atom. The zero-order valence-electron chi connectivity index (χ0n) is 19.6. The quantitative estimate of drug-likeness (QED) is 0.210. The van der Waals surface area contributed by atoms with Gasteiger partial charge in [0.15, 0.2) is 5.13 Å². The number of halogens is 1. The summed E-state index contributed by atoms with van der Waals surface area (Å²) >= 11 is 7.20. The number of esters is 1. The molecule has 1 aromatic heterocycles. The molecule has 1 aliphatic heterocycles. The average Bonchev–Trinajstić information content (AvgIpc) is 3.32. The lowest BCUT2D eigenvalue weighted by Gasteiger charge is -2.23. The zero-order valence-corrected chi connectivity index (χ0v) is 21.2. The number of aliphatic hydroxyl groups excluding tert-OH is 1. The van der Waals surface area contributed by atoms with Crippen molar-refractivity contribution in [3.05, 3.63) is 85.9 Å². The van der Waals surface area contributed by atoms with E-state index in [2.05, 4.69) is 4.98 Å². The topological polar surface area (TPSA) is 96.8 Å². The molecule has 1 aliphatic rings. The van der Waals surface area contributed by atoms with Gasteiger partial charge in [0, 0.05) is 10.6 Å². The number of carbonyl (C=O) groups excluding carboxylic acids is 3. The van der Waals surface area contributed by atoms with Crippen LogP contribution in [0.4, 0.5) is 5.13 Å². The lowest BCUT2D eigenvalue weighted by Crippen LogP contribution is -2.29. The minimum atomic E-state index is -0.991. The largest absolute Gasteiger partial charge is 0.507 e. The van der Waals surface area contributed by atoms with Gasteiger partial charge in [-0.2, -0.15) is 0 Å². The van der Waals surface area contributed by atoms with Crippen molar-refractivity contribution in [2.24, 2.45) is 0 Å². The first kappa shape index (κ1) is 24.6. The van der Waals surface area contributed by atoms with Crippen molar-refractivity contribution in [3.8, 4) is 0 Å². The third-order valence-corrected chi connectivity index (χ3v) is 7.08. The van der Waals surface area contributed by atoms with E-state index in [0.29, 0.717) is 21.8 Å². The summed E-state index contributed by atoms with van der Waals surface area (Å²) in [5.74, 6) is -2.54. The predicted octanol–water partition coefficient (Wildman–Crippen LogP) is 5.52. The molecule has 0 aliphatic carbocycles. The fraction of sp³-hybridized carbons (Fsp3) is 0.231. The summed E-state index contributed by atoms with van der Waals surface area (Å²) in [5, 5.41) is 11.9. The number of rotatable bonds is 5. The van der Waals surface area contributed by atoms with Crippen LogP contribution >= 0.6 is 22.9 Å². The van der Waals surface area contributed by atoms with Gasteiger partial charge in [-0.25, -0.2) is 9.78 Å². The predicted molar refractivity (Wildman–Crippen MR) is 135 cm³/mol. The molecule has 2 heterocycles. The molecule has 1 saturated heterocycles. The number of ether oxygens (including phenoxy) is 1. The molecule has 35 heavy (non-hydrogen) atoms. The summed E-state index contributed by atoms with van der Waals surface area (Å²) < 4.78 is 5.10. The van der Waals surface area contributed by atoms with Crippen LogP contribution in [-0.4, -0.2) is 34.4 Å². The molecule has 0 saturated carbocycles. The number of thiazole rings is 1. The van der Waals surface area contributed by atoms with Crippen LogP contribution in [0, 0.1) is 20.8 Å². The van der Waals surface area contributed by atoms with E-state index in [1.807, 2.05) is 26.0 Å². The third kappa shape index (κ3) is 4.47. The standard InChI is InChI=1S/C26H23ClN2O5S/c1-5-34-25(33)23-15(4)28-26(35-23)29-20(16-7-6-8-17(27)12-16)19(22(31)24(29)32)21(30)18-11-13(2)9-10-14(18)3/h6-12,20,30H,5H2,1-4H3/b21-19+. The summed E-state index contributed by atoms with van der Waals surface area (Å²) in [6.07, 6.45) is 0. The number of anilines is 1. The van der Waals surface area contributed by atoms with Crippen LogP contribution in [0.25, 0.3) is 5.76 Å². The van der Waals surface area contributed by atoms with Gasteiger partial charge in [-0.05, 0) is 57.0 Å². The molecule has 0 bridgehead atoms. The smallest absolute Gasteiger partial charge is 0.350 e. The highest BCUT2D eigenvalue weighted by Crippen LogP contribution is 2.44. The second-order valence-electron chi connectivity index (χ2n) is 8.17. The molecule has 0 radical (unpaired) electrons. The van der Waals surface area contributed by atoms with Crippen molar-refractivity contribution in [1.82, 2.24) is 4.98 Å². The van der Waals surface area contributed by atoms with Gasteiger partial charge in [0.05, 0.1) is 23.9 Å². The fourth-order valence-corrected chi connectivity index (χ4v) is 5.22. The lowest BCUT2D eigenvalue weighted by atomic mass is 9.93. The van der Waals surface area contributed by atoms with Gasteiger partial charge in [-0.1, -0.05) is 52.8 Å². The van der Waals surface area contributed by atoms with Gasteiger partial charge in [-0.15, -0.1) is 0 Å². The Bertz CT molecular complexity index is 1390. The van der Waals surface area contributed by atoms with Gasteiger partial charge < -0.3 is 9.84 Å². The molecule has 1 fully saturated rings. The Labute approximate surface area is 211 Å². The molecule has 4 rings (SSSR count). The Balaban J connectivity index is 1.95. The Hall–Kier alpha value is -3.49. The van der Waals surface area contributed by atoms with E-state index < -0.39 is 23.7 Å². The summed E-state index contributed by atoms with van der Waals surface area (Å²) in [4.78, 5) is 44.9. The summed E-state index contributed by atoms with van der Waals surface area (Å²) in [6, 6.07) is 11.2. The summed E-state index contributed by atoms with van der Waals surface area (Å²) in [7, 11) is 0. The first-order valence-electron chi connectivity index (χ1n) is 10.9. The number of benzene rings is 2. The van der Waals surface area contributed by atoms with Crippen molar-refractivity contribution in [3.63, 3.8) is 0 Å². The van der Waals surface area contributed by atoms with Crippen LogP contribution in [0.3, 0.4) is 0 Å². The molecule has 1 amide bonds. The number of carbonyl (C=O) groups is 3. The maximum Gasteiger partial charge on any atom is 0.350 e. The molecule has 2 aromatic carbocycles. The number of aliphatic hydroxyl groups is 1. The first-order valence-corrected chi connectivity index (χ1v) is 12.1. The summed E-state index contributed by atoms with van der Waals surface area (Å²) in [6.45, 7) is 7.20. The van der Waals surface area contributed by atoms with Gasteiger partial charge in [0.25, 0.3) is 5.78 Å². The number of aromatic nitrogens is 1. The van der Waals surface area contributed by atoms with E-state index in [0.717, 1.165) is 22.5 Å². The molecule has 180 valence electrons. The maximum absolute atomic E-state index is 13.3. The normalized spacial score (nSPS) is 17.2. The van der Waals surface area contributed by atoms with E-state index in [9.17, 15) is 19.5 Å². The van der Waals surface area contributed by atoms with Crippen molar-refractivity contribution in [2.45, 2.75) is 33.7 Å². The molecule has 1 N–H and O–H groups in total. The van der Waals surface area contributed by atoms with Gasteiger partial charge >= 0.3 is 11.9 Å². The van der Waals surface area contributed by atoms with Gasteiger partial charge in [0.2, 0.25) is 0 Å². The second kappa shape index (κ2) is 9.64. The molecule has 1 atom stereocenters. The van der Waals surface area contributed by atoms with Crippen LogP contribution in [0.5, 0.6) is 0 Å². The van der Waals surface area contributed by atoms with Crippen LogP contribution < -0.4 is 4.90 Å². The van der Waals surface area contributed by atoms with Crippen molar-refractivity contribution in [1.29, 1.82) is 0 Å². The van der Waals surface area contributed by atoms with Crippen molar-refractivity contribution >= 4 is 51.5 Å². The maximum atomic E-state index is 13.3. The molecular formula is C26H23ClN2O5S. The fourth-order valence-electron chi connectivity index (χ4n) is 4.03. The Morgan fingerprint density at radius 2 is 1.91 bits per heavy atom. The van der Waals surface area contributed by atoms with E-state index >= 15 is 0 Å². The molecule has 0 spiro atoms. The lowest BCUT2D eigenvalue weighted by molar-refractivity contribution is -0.132. The number of nitrogens with zero attached hydrogens (tertiary/aromatic N) is 2. The minimum absolute atomic E-state index is 0.0727. The molecule has 3 aromatic rings. The zero-order chi connectivity index (χ0) is 25.4. The van der Waals surface area contributed by atoms with Crippen LogP contribution in [0.2, 0.25) is 5.02 Å². The minimum Gasteiger partial charge on any atom is -0.507 e. The SMILES string of the molecule is CCOC(=O)c1sc(N2C(=O)C(=O)/C(=C(/O)c3cc(C)ccc3C)C2c2cccc(Cl)c2)nc1C. The highest BCUT2D eigenvalue weighted by Gasteiger charge is 2.48. The Morgan fingerprint density at radius 3 is 2.60 bits per heavy atom. The van der Waals surface area contributed by atoms with E-state index in [4.69, 9.17) is 16.3 Å². The van der Waals surface area contributed by atoms with Crippen LogP contribution in [-0.2, 0) is 14.3 Å². The van der Waals surface area contributed by atoms with Gasteiger partial charge in [0.1, 0.15) is 10.6 Å². The molecule has 1 unspecified atom stereocenters. The van der Waals surface area contributed by atoms with Crippen molar-refractivity contribution in [2.75, 3.05) is 11.5 Å². The van der Waals surface area contributed by atoms with E-state index in [-0.39, 0.29) is 27.9 Å². The van der Waals surface area contributed by atoms with Crippen LogP contribution in [0.1, 0.15) is 50.6 Å². The number of Topliss-reactive ketones (excluding diaryl/α,β-unsaturated/α-hetero) is 1. The number of aryl methyl sites for hydroxylation is 3. The first-order chi connectivity index (χ1) is 16.6. The van der Waals surface area contributed by atoms with Crippen LogP contribution in [0.15, 0.2) is 48.0 Å². The molecule has 7 nitrogen and oxygen atoms in total. The average molecular weight is 511 g/mol.